The number of thiophene rings is 1. The number of fused-ring (bicyclic) bond motifs is 4. The van der Waals surface area contributed by atoms with Crippen molar-refractivity contribution in [1.82, 2.24) is 9.97 Å². The molecule has 0 atom stereocenters. The van der Waals surface area contributed by atoms with Gasteiger partial charge in [-0.3, -0.25) is 14.6 Å². The molecular formula is C35H24ClFN4O2S. The molecule has 9 heteroatoms. The molecule has 0 aliphatic carbocycles. The fourth-order valence-electron chi connectivity index (χ4n) is 5.51. The van der Waals surface area contributed by atoms with Crippen molar-refractivity contribution in [2.24, 2.45) is 0 Å². The molecule has 0 bridgehead atoms. The first kappa shape index (κ1) is 27.9. The molecule has 216 valence electrons. The highest BCUT2D eigenvalue weighted by Crippen LogP contribution is 2.42. The summed E-state index contributed by atoms with van der Waals surface area (Å²) in [5, 5.41) is 4.15. The number of carbonyl (C=O) groups is 2. The number of pyridine rings is 2. The fourth-order valence-corrected chi connectivity index (χ4v) is 6.86. The Morgan fingerprint density at radius 1 is 0.977 bits per heavy atom. The zero-order chi connectivity index (χ0) is 30.4. The molecule has 0 saturated carbocycles. The molecule has 0 saturated heterocycles. The Kier molecular flexibility index (Phi) is 7.16. The summed E-state index contributed by atoms with van der Waals surface area (Å²) >= 11 is 7.75. The molecule has 2 amide bonds. The lowest BCUT2D eigenvalue weighted by Crippen LogP contribution is -2.33. The van der Waals surface area contributed by atoms with Crippen LogP contribution in [-0.4, -0.2) is 28.3 Å². The van der Waals surface area contributed by atoms with Crippen LogP contribution < -0.4 is 10.2 Å². The summed E-state index contributed by atoms with van der Waals surface area (Å²) in [6.07, 6.45) is 2.20. The van der Waals surface area contributed by atoms with E-state index >= 15 is 0 Å². The van der Waals surface area contributed by atoms with E-state index in [1.807, 2.05) is 60.7 Å². The minimum absolute atomic E-state index is 0.177. The number of hydrogen-bond acceptors (Lipinski definition) is 5. The number of rotatable bonds is 4. The molecule has 0 spiro atoms. The molecule has 6 aromatic rings. The lowest BCUT2D eigenvalue weighted by Gasteiger charge is -2.23. The molecule has 3 aromatic heterocycles. The summed E-state index contributed by atoms with van der Waals surface area (Å²) in [6, 6.07) is 27.1. The quantitative estimate of drug-likeness (QED) is 0.215. The first-order chi connectivity index (χ1) is 21.4. The van der Waals surface area contributed by atoms with Crippen molar-refractivity contribution in [3.63, 3.8) is 0 Å². The van der Waals surface area contributed by atoms with Crippen LogP contribution in [0.5, 0.6) is 0 Å². The van der Waals surface area contributed by atoms with Gasteiger partial charge in [0.05, 0.1) is 32.5 Å². The Balaban J connectivity index is 1.20. The number of nitrogens with one attached hydrogen (secondary N) is 1. The maximum atomic E-state index is 14.4. The maximum Gasteiger partial charge on any atom is 0.276 e. The van der Waals surface area contributed by atoms with Crippen LogP contribution in [0, 0.1) is 12.7 Å². The van der Waals surface area contributed by atoms with Crippen molar-refractivity contribution < 1.29 is 14.0 Å². The smallest absolute Gasteiger partial charge is 0.276 e. The highest BCUT2D eigenvalue weighted by molar-refractivity contribution is 7.17. The Labute approximate surface area is 261 Å². The molecule has 44 heavy (non-hydrogen) atoms. The molecule has 3 aromatic carbocycles. The minimum Gasteiger partial charge on any atom is -0.319 e. The number of aryl methyl sites for hydroxylation is 1. The zero-order valence-electron chi connectivity index (χ0n) is 23.5. The van der Waals surface area contributed by atoms with Gasteiger partial charge in [0, 0.05) is 34.1 Å². The molecule has 1 N–H and O–H groups in total. The van der Waals surface area contributed by atoms with E-state index in [2.05, 4.69) is 10.3 Å². The summed E-state index contributed by atoms with van der Waals surface area (Å²) in [4.78, 5) is 39.5. The van der Waals surface area contributed by atoms with Gasteiger partial charge in [0.25, 0.3) is 11.8 Å². The summed E-state index contributed by atoms with van der Waals surface area (Å²) in [6.45, 7) is 2.15. The van der Waals surface area contributed by atoms with Gasteiger partial charge in [-0.05, 0) is 73.0 Å². The Morgan fingerprint density at radius 2 is 1.82 bits per heavy atom. The summed E-state index contributed by atoms with van der Waals surface area (Å²) in [5.74, 6) is -1.06. The van der Waals surface area contributed by atoms with E-state index < -0.39 is 5.82 Å². The number of para-hydroxylation sites is 2. The van der Waals surface area contributed by atoms with Crippen molar-refractivity contribution in [3.8, 4) is 21.7 Å². The van der Waals surface area contributed by atoms with Crippen LogP contribution in [0.25, 0.3) is 32.6 Å². The van der Waals surface area contributed by atoms with Crippen molar-refractivity contribution in [3.05, 3.63) is 130 Å². The molecule has 0 fully saturated rings. The van der Waals surface area contributed by atoms with E-state index in [-0.39, 0.29) is 17.5 Å². The van der Waals surface area contributed by atoms with Gasteiger partial charge in [0.1, 0.15) is 11.5 Å². The molecule has 7 rings (SSSR count). The van der Waals surface area contributed by atoms with E-state index in [1.165, 1.54) is 17.4 Å². The predicted octanol–water partition coefficient (Wildman–Crippen LogP) is 8.58. The Morgan fingerprint density at radius 3 is 2.68 bits per heavy atom. The van der Waals surface area contributed by atoms with Crippen molar-refractivity contribution >= 4 is 57.0 Å². The van der Waals surface area contributed by atoms with Gasteiger partial charge in [-0.2, -0.15) is 0 Å². The van der Waals surface area contributed by atoms with Crippen molar-refractivity contribution in [2.75, 3.05) is 16.8 Å². The van der Waals surface area contributed by atoms with Crippen LogP contribution in [0.1, 0.15) is 31.3 Å². The Hall–Kier alpha value is -4.92. The third-order valence-electron chi connectivity index (χ3n) is 7.73. The van der Waals surface area contributed by atoms with E-state index in [1.54, 1.807) is 42.3 Å². The monoisotopic (exact) mass is 618 g/mol. The number of benzene rings is 3. The van der Waals surface area contributed by atoms with Gasteiger partial charge in [0.15, 0.2) is 0 Å². The SMILES string of the molecule is Cc1cccc(F)c1NC(=O)c1cc2c(s1)-c1ccccc1N(C(=O)c1cccc(-c3ccc4nccc(Cl)c4c3)n1)CC2. The molecule has 0 unspecified atom stereocenters. The number of aromatic nitrogens is 2. The van der Waals surface area contributed by atoms with Gasteiger partial charge >= 0.3 is 0 Å². The first-order valence-electron chi connectivity index (χ1n) is 14.0. The zero-order valence-corrected chi connectivity index (χ0v) is 25.0. The second-order valence-corrected chi connectivity index (χ2v) is 12.0. The number of carbonyl (C=O) groups excluding carboxylic acids is 2. The van der Waals surface area contributed by atoms with Gasteiger partial charge in [0.2, 0.25) is 0 Å². The molecule has 4 heterocycles. The van der Waals surface area contributed by atoms with E-state index in [0.717, 1.165) is 38.2 Å². The van der Waals surface area contributed by atoms with Crippen LogP contribution in [0.15, 0.2) is 97.2 Å². The molecule has 6 nitrogen and oxygen atoms in total. The first-order valence-corrected chi connectivity index (χ1v) is 15.2. The average Bonchev–Trinajstić information content (AvgIpc) is 3.41. The number of hydrogen-bond donors (Lipinski definition) is 1. The third-order valence-corrected chi connectivity index (χ3v) is 9.27. The Bertz CT molecular complexity index is 2090. The number of anilines is 2. The van der Waals surface area contributed by atoms with E-state index in [0.29, 0.717) is 39.8 Å². The molecule has 1 aliphatic heterocycles. The average molecular weight is 619 g/mol. The highest BCUT2D eigenvalue weighted by atomic mass is 35.5. The standard InChI is InChI=1S/C35H24ClFN4O2S/c1-20-6-4-8-26(37)32(20)40-34(42)31-19-22-15-17-41(30-11-3-2-7-23(30)33(22)44-31)35(43)29-10-5-9-27(39-29)21-12-13-28-24(18-21)25(36)14-16-38-28/h2-14,16,18-19H,15,17H2,1H3,(H,40,42). The second kappa shape index (κ2) is 11.3. The normalized spacial score (nSPS) is 12.4. The van der Waals surface area contributed by atoms with Crippen molar-refractivity contribution in [1.29, 1.82) is 0 Å². The second-order valence-electron chi connectivity index (χ2n) is 10.5. The molecule has 1 aliphatic rings. The van der Waals surface area contributed by atoms with Crippen molar-refractivity contribution in [2.45, 2.75) is 13.3 Å². The van der Waals surface area contributed by atoms with E-state index in [9.17, 15) is 14.0 Å². The number of nitrogens with zero attached hydrogens (tertiary/aromatic N) is 3. The summed E-state index contributed by atoms with van der Waals surface area (Å²) < 4.78 is 14.4. The molecular weight excluding hydrogens is 595 g/mol. The number of amides is 2. The van der Waals surface area contributed by atoms with Gasteiger partial charge in [-0.15, -0.1) is 11.3 Å². The predicted molar refractivity (Wildman–Crippen MR) is 174 cm³/mol. The topological polar surface area (TPSA) is 75.2 Å². The summed E-state index contributed by atoms with van der Waals surface area (Å²) in [7, 11) is 0. The minimum atomic E-state index is -0.477. The fraction of sp³-hybridized carbons (Fsp3) is 0.0857. The third kappa shape index (κ3) is 5.02. The van der Waals surface area contributed by atoms with E-state index in [4.69, 9.17) is 16.6 Å². The van der Waals surface area contributed by atoms with Gasteiger partial charge < -0.3 is 10.2 Å². The number of halogens is 2. The van der Waals surface area contributed by atoms with Crippen LogP contribution in [-0.2, 0) is 6.42 Å². The van der Waals surface area contributed by atoms with Crippen LogP contribution in [0.2, 0.25) is 5.02 Å². The lowest BCUT2D eigenvalue weighted by atomic mass is 10.1. The largest absolute Gasteiger partial charge is 0.319 e. The van der Waals surface area contributed by atoms with Gasteiger partial charge in [-0.1, -0.05) is 54.1 Å². The van der Waals surface area contributed by atoms with Crippen LogP contribution in [0.3, 0.4) is 0 Å². The summed E-state index contributed by atoms with van der Waals surface area (Å²) in [5.41, 5.74) is 5.96. The lowest BCUT2D eigenvalue weighted by molar-refractivity contribution is 0.0981. The highest BCUT2D eigenvalue weighted by Gasteiger charge is 2.28. The van der Waals surface area contributed by atoms with Crippen LogP contribution >= 0.6 is 22.9 Å². The van der Waals surface area contributed by atoms with Gasteiger partial charge in [-0.25, -0.2) is 9.37 Å². The maximum absolute atomic E-state index is 14.4. The molecule has 0 radical (unpaired) electrons. The van der Waals surface area contributed by atoms with Crippen LogP contribution in [0.4, 0.5) is 15.8 Å².